The van der Waals surface area contributed by atoms with E-state index < -0.39 is 0 Å². The number of nitrogens with zero attached hydrogens (tertiary/aromatic N) is 3. The van der Waals surface area contributed by atoms with Crippen molar-refractivity contribution in [1.82, 2.24) is 14.5 Å². The van der Waals surface area contributed by atoms with E-state index in [-0.39, 0.29) is 5.54 Å². The molecule has 0 aromatic carbocycles. The first-order valence-electron chi connectivity index (χ1n) is 6.68. The van der Waals surface area contributed by atoms with Crippen LogP contribution in [0.4, 0.5) is 5.69 Å². The Bertz CT molecular complexity index is 584. The first-order chi connectivity index (χ1) is 9.41. The molecule has 0 aliphatic rings. The molecular formula is C15H22N4O. The smallest absolute Gasteiger partial charge is 0.216 e. The summed E-state index contributed by atoms with van der Waals surface area (Å²) in [5.41, 5.74) is 3.17. The molecule has 0 bridgehead atoms. The lowest BCUT2D eigenvalue weighted by Crippen LogP contribution is -2.24. The van der Waals surface area contributed by atoms with Gasteiger partial charge < -0.3 is 14.6 Å². The SMILES string of the molecule is COc1ncc(NCc2cncn2C(C)(C)C)cc1C. The van der Waals surface area contributed by atoms with Gasteiger partial charge in [-0.2, -0.15) is 0 Å². The molecule has 0 saturated carbocycles. The molecule has 0 aliphatic heterocycles. The first-order valence-corrected chi connectivity index (χ1v) is 6.68. The second-order valence-electron chi connectivity index (χ2n) is 5.83. The summed E-state index contributed by atoms with van der Waals surface area (Å²) in [5, 5.41) is 3.37. The fourth-order valence-corrected chi connectivity index (χ4v) is 2.12. The number of methoxy groups -OCH3 is 1. The Hall–Kier alpha value is -2.04. The highest BCUT2D eigenvalue weighted by Gasteiger charge is 2.16. The zero-order valence-electron chi connectivity index (χ0n) is 12.8. The molecule has 20 heavy (non-hydrogen) atoms. The van der Waals surface area contributed by atoms with Crippen molar-refractivity contribution in [2.24, 2.45) is 0 Å². The molecule has 2 heterocycles. The van der Waals surface area contributed by atoms with Crippen LogP contribution in [0.1, 0.15) is 32.0 Å². The second kappa shape index (κ2) is 5.53. The number of ether oxygens (including phenoxy) is 1. The van der Waals surface area contributed by atoms with Gasteiger partial charge in [-0.05, 0) is 33.8 Å². The third kappa shape index (κ3) is 3.10. The topological polar surface area (TPSA) is 52.0 Å². The van der Waals surface area contributed by atoms with Crippen LogP contribution in [0.3, 0.4) is 0 Å². The van der Waals surface area contributed by atoms with E-state index in [9.17, 15) is 0 Å². The molecule has 108 valence electrons. The maximum Gasteiger partial charge on any atom is 0.216 e. The van der Waals surface area contributed by atoms with Gasteiger partial charge in [-0.15, -0.1) is 0 Å². The predicted molar refractivity (Wildman–Crippen MR) is 80.1 cm³/mol. The summed E-state index contributed by atoms with van der Waals surface area (Å²) < 4.78 is 7.33. The number of anilines is 1. The van der Waals surface area contributed by atoms with Gasteiger partial charge in [-0.1, -0.05) is 0 Å². The van der Waals surface area contributed by atoms with Gasteiger partial charge in [0.05, 0.1) is 37.6 Å². The van der Waals surface area contributed by atoms with Gasteiger partial charge in [0.1, 0.15) is 0 Å². The van der Waals surface area contributed by atoms with E-state index in [2.05, 4.69) is 40.6 Å². The molecule has 0 unspecified atom stereocenters. The summed E-state index contributed by atoms with van der Waals surface area (Å²) in [5.74, 6) is 0.662. The summed E-state index contributed by atoms with van der Waals surface area (Å²) in [6.45, 7) is 9.19. The summed E-state index contributed by atoms with van der Waals surface area (Å²) in [6, 6.07) is 2.03. The van der Waals surface area contributed by atoms with Crippen LogP contribution in [-0.4, -0.2) is 21.6 Å². The molecule has 1 N–H and O–H groups in total. The van der Waals surface area contributed by atoms with E-state index in [1.807, 2.05) is 25.5 Å². The minimum absolute atomic E-state index is 0.0294. The number of aryl methyl sites for hydroxylation is 1. The van der Waals surface area contributed by atoms with Gasteiger partial charge in [0.2, 0.25) is 5.88 Å². The van der Waals surface area contributed by atoms with Crippen LogP contribution in [0.25, 0.3) is 0 Å². The van der Waals surface area contributed by atoms with Crippen molar-refractivity contribution in [1.29, 1.82) is 0 Å². The number of nitrogens with one attached hydrogen (secondary N) is 1. The zero-order valence-corrected chi connectivity index (χ0v) is 12.8. The Morgan fingerprint density at radius 2 is 2.05 bits per heavy atom. The van der Waals surface area contributed by atoms with Crippen LogP contribution in [0.5, 0.6) is 5.88 Å². The molecule has 5 heteroatoms. The quantitative estimate of drug-likeness (QED) is 0.931. The second-order valence-corrected chi connectivity index (χ2v) is 5.83. The third-order valence-corrected chi connectivity index (χ3v) is 3.14. The zero-order chi connectivity index (χ0) is 14.8. The Kier molecular flexibility index (Phi) is 3.97. The normalized spacial score (nSPS) is 11.4. The monoisotopic (exact) mass is 274 g/mol. The van der Waals surface area contributed by atoms with E-state index in [1.54, 1.807) is 13.3 Å². The molecule has 0 spiro atoms. The number of hydrogen-bond donors (Lipinski definition) is 1. The maximum absolute atomic E-state index is 5.16. The van der Waals surface area contributed by atoms with Gasteiger partial charge in [0.15, 0.2) is 0 Å². The number of hydrogen-bond acceptors (Lipinski definition) is 4. The molecule has 0 amide bonds. The molecule has 0 fully saturated rings. The molecule has 0 aliphatic carbocycles. The highest BCUT2D eigenvalue weighted by molar-refractivity contribution is 5.46. The molecule has 2 aromatic rings. The van der Waals surface area contributed by atoms with E-state index in [4.69, 9.17) is 4.74 Å². The lowest BCUT2D eigenvalue weighted by Gasteiger charge is -2.23. The van der Waals surface area contributed by atoms with Crippen LogP contribution in [0.2, 0.25) is 0 Å². The molecule has 2 aromatic heterocycles. The standard InChI is InChI=1S/C15H22N4O/c1-11-6-12(7-18-14(11)20-5)17-9-13-8-16-10-19(13)15(2,3)4/h6-8,10,17H,9H2,1-5H3. The van der Waals surface area contributed by atoms with Gasteiger partial charge in [-0.3, -0.25) is 0 Å². The van der Waals surface area contributed by atoms with Crippen LogP contribution < -0.4 is 10.1 Å². The number of pyridine rings is 1. The minimum Gasteiger partial charge on any atom is -0.481 e. The Balaban J connectivity index is 2.10. The van der Waals surface area contributed by atoms with E-state index in [0.29, 0.717) is 12.4 Å². The molecule has 0 radical (unpaired) electrons. The van der Waals surface area contributed by atoms with Crippen molar-refractivity contribution in [3.63, 3.8) is 0 Å². The molecule has 0 atom stereocenters. The number of rotatable bonds is 4. The van der Waals surface area contributed by atoms with Crippen LogP contribution in [-0.2, 0) is 12.1 Å². The van der Waals surface area contributed by atoms with Gasteiger partial charge >= 0.3 is 0 Å². The number of aromatic nitrogens is 3. The third-order valence-electron chi connectivity index (χ3n) is 3.14. The summed E-state index contributed by atoms with van der Waals surface area (Å²) in [7, 11) is 1.63. The lowest BCUT2D eigenvalue weighted by atomic mass is 10.1. The largest absolute Gasteiger partial charge is 0.481 e. The maximum atomic E-state index is 5.16. The van der Waals surface area contributed by atoms with Crippen molar-refractivity contribution in [3.8, 4) is 5.88 Å². The Labute approximate surface area is 120 Å². The average Bonchev–Trinajstić information content (AvgIpc) is 2.84. The summed E-state index contributed by atoms with van der Waals surface area (Å²) in [4.78, 5) is 8.49. The van der Waals surface area contributed by atoms with Crippen LogP contribution in [0, 0.1) is 6.92 Å². The predicted octanol–water partition coefficient (Wildman–Crippen LogP) is 2.96. The van der Waals surface area contributed by atoms with Crippen LogP contribution >= 0.6 is 0 Å². The fraction of sp³-hybridized carbons (Fsp3) is 0.467. The minimum atomic E-state index is 0.0294. The summed E-state index contributed by atoms with van der Waals surface area (Å²) >= 11 is 0. The number of imidazole rings is 1. The molecule has 0 saturated heterocycles. The van der Waals surface area contributed by atoms with Crippen molar-refractivity contribution >= 4 is 5.69 Å². The first kappa shape index (κ1) is 14.4. The van der Waals surface area contributed by atoms with E-state index >= 15 is 0 Å². The van der Waals surface area contributed by atoms with Gasteiger partial charge in [-0.25, -0.2) is 9.97 Å². The molecular weight excluding hydrogens is 252 g/mol. The van der Waals surface area contributed by atoms with Crippen molar-refractivity contribution < 1.29 is 4.74 Å². The van der Waals surface area contributed by atoms with Crippen molar-refractivity contribution in [2.45, 2.75) is 39.8 Å². The highest BCUT2D eigenvalue weighted by atomic mass is 16.5. The van der Waals surface area contributed by atoms with Gasteiger partial charge in [0, 0.05) is 17.3 Å². The van der Waals surface area contributed by atoms with E-state index in [1.165, 1.54) is 0 Å². The average molecular weight is 274 g/mol. The van der Waals surface area contributed by atoms with Crippen molar-refractivity contribution in [3.05, 3.63) is 36.0 Å². The Morgan fingerprint density at radius 1 is 1.30 bits per heavy atom. The van der Waals surface area contributed by atoms with E-state index in [0.717, 1.165) is 16.9 Å². The van der Waals surface area contributed by atoms with Crippen molar-refractivity contribution in [2.75, 3.05) is 12.4 Å². The fourth-order valence-electron chi connectivity index (χ4n) is 2.12. The molecule has 5 nitrogen and oxygen atoms in total. The van der Waals surface area contributed by atoms with Crippen LogP contribution in [0.15, 0.2) is 24.8 Å². The lowest BCUT2D eigenvalue weighted by molar-refractivity contribution is 0.385. The molecule has 2 rings (SSSR count). The Morgan fingerprint density at radius 3 is 2.65 bits per heavy atom. The summed E-state index contributed by atoms with van der Waals surface area (Å²) in [6.07, 6.45) is 5.54. The highest BCUT2D eigenvalue weighted by Crippen LogP contribution is 2.20. The van der Waals surface area contributed by atoms with Gasteiger partial charge in [0.25, 0.3) is 0 Å².